The SMILES string of the molecule is COCCCCCNc1c(C)cccc1C(=O)O. The number of hydrogen-bond donors (Lipinski definition) is 2. The number of ether oxygens (including phenoxy) is 1. The number of hydrogen-bond acceptors (Lipinski definition) is 3. The molecule has 0 heterocycles. The first-order valence-electron chi connectivity index (χ1n) is 6.22. The van der Waals surface area contributed by atoms with Crippen molar-refractivity contribution in [3.8, 4) is 0 Å². The summed E-state index contributed by atoms with van der Waals surface area (Å²) in [4.78, 5) is 11.1. The second-order valence-corrected chi connectivity index (χ2v) is 4.28. The summed E-state index contributed by atoms with van der Waals surface area (Å²) in [6.45, 7) is 3.49. The number of para-hydroxylation sites is 1. The Balaban J connectivity index is 2.48. The molecule has 100 valence electrons. The highest BCUT2D eigenvalue weighted by Gasteiger charge is 2.10. The number of benzene rings is 1. The summed E-state index contributed by atoms with van der Waals surface area (Å²) < 4.78 is 4.98. The second-order valence-electron chi connectivity index (χ2n) is 4.28. The molecule has 0 atom stereocenters. The maximum Gasteiger partial charge on any atom is 0.337 e. The first kappa shape index (κ1) is 14.5. The van der Waals surface area contributed by atoms with Gasteiger partial charge in [0.25, 0.3) is 0 Å². The summed E-state index contributed by atoms with van der Waals surface area (Å²) in [5.41, 5.74) is 2.04. The lowest BCUT2D eigenvalue weighted by Gasteiger charge is -2.12. The number of unbranched alkanes of at least 4 members (excludes halogenated alkanes) is 2. The number of carbonyl (C=O) groups is 1. The van der Waals surface area contributed by atoms with Gasteiger partial charge in [-0.15, -0.1) is 0 Å². The molecule has 0 aliphatic heterocycles. The molecule has 0 bridgehead atoms. The lowest BCUT2D eigenvalue weighted by molar-refractivity contribution is 0.0698. The van der Waals surface area contributed by atoms with E-state index in [0.717, 1.165) is 43.7 Å². The fraction of sp³-hybridized carbons (Fsp3) is 0.500. The van der Waals surface area contributed by atoms with Crippen molar-refractivity contribution in [1.29, 1.82) is 0 Å². The Bertz CT molecular complexity index is 391. The fourth-order valence-electron chi connectivity index (χ4n) is 1.84. The van der Waals surface area contributed by atoms with Crippen molar-refractivity contribution in [1.82, 2.24) is 0 Å². The lowest BCUT2D eigenvalue weighted by atomic mass is 10.1. The molecule has 1 rings (SSSR count). The lowest BCUT2D eigenvalue weighted by Crippen LogP contribution is -2.09. The number of methoxy groups -OCH3 is 1. The monoisotopic (exact) mass is 251 g/mol. The van der Waals surface area contributed by atoms with Gasteiger partial charge in [-0.2, -0.15) is 0 Å². The number of aryl methyl sites for hydroxylation is 1. The van der Waals surface area contributed by atoms with Crippen molar-refractivity contribution < 1.29 is 14.6 Å². The summed E-state index contributed by atoms with van der Waals surface area (Å²) in [6, 6.07) is 5.31. The first-order valence-corrected chi connectivity index (χ1v) is 6.22. The van der Waals surface area contributed by atoms with Crippen LogP contribution in [0.5, 0.6) is 0 Å². The molecule has 0 saturated heterocycles. The predicted molar refractivity (Wildman–Crippen MR) is 72.4 cm³/mol. The molecule has 2 N–H and O–H groups in total. The summed E-state index contributed by atoms with van der Waals surface area (Å²) in [7, 11) is 1.70. The van der Waals surface area contributed by atoms with E-state index >= 15 is 0 Å². The molecule has 4 heteroatoms. The molecule has 0 fully saturated rings. The van der Waals surface area contributed by atoms with E-state index < -0.39 is 5.97 Å². The molecule has 0 saturated carbocycles. The molecule has 0 unspecified atom stereocenters. The Kier molecular flexibility index (Phi) is 6.22. The highest BCUT2D eigenvalue weighted by atomic mass is 16.5. The Morgan fingerprint density at radius 2 is 2.11 bits per heavy atom. The van der Waals surface area contributed by atoms with Crippen LogP contribution < -0.4 is 5.32 Å². The molecule has 0 aliphatic rings. The average Bonchev–Trinajstić information content (AvgIpc) is 2.34. The zero-order valence-electron chi connectivity index (χ0n) is 11.0. The normalized spacial score (nSPS) is 10.3. The van der Waals surface area contributed by atoms with E-state index in [0.29, 0.717) is 5.56 Å². The van der Waals surface area contributed by atoms with E-state index in [2.05, 4.69) is 5.32 Å². The highest BCUT2D eigenvalue weighted by molar-refractivity contribution is 5.95. The zero-order valence-corrected chi connectivity index (χ0v) is 11.0. The van der Waals surface area contributed by atoms with Crippen LogP contribution in [0.15, 0.2) is 18.2 Å². The van der Waals surface area contributed by atoms with Gasteiger partial charge in [0, 0.05) is 20.3 Å². The van der Waals surface area contributed by atoms with Crippen LogP contribution in [0, 0.1) is 6.92 Å². The highest BCUT2D eigenvalue weighted by Crippen LogP contribution is 2.20. The van der Waals surface area contributed by atoms with Gasteiger partial charge in [0.15, 0.2) is 0 Å². The van der Waals surface area contributed by atoms with Crippen molar-refractivity contribution in [3.05, 3.63) is 29.3 Å². The number of carboxylic acids is 1. The van der Waals surface area contributed by atoms with Crippen LogP contribution in [-0.2, 0) is 4.74 Å². The zero-order chi connectivity index (χ0) is 13.4. The van der Waals surface area contributed by atoms with Crippen LogP contribution in [-0.4, -0.2) is 31.3 Å². The van der Waals surface area contributed by atoms with Crippen molar-refractivity contribution in [2.75, 3.05) is 25.6 Å². The Labute approximate surface area is 108 Å². The van der Waals surface area contributed by atoms with E-state index in [4.69, 9.17) is 9.84 Å². The largest absolute Gasteiger partial charge is 0.478 e. The molecule has 18 heavy (non-hydrogen) atoms. The van der Waals surface area contributed by atoms with E-state index in [-0.39, 0.29) is 0 Å². The molecule has 0 amide bonds. The summed E-state index contributed by atoms with van der Waals surface area (Å²) in [6.07, 6.45) is 3.13. The van der Waals surface area contributed by atoms with Crippen LogP contribution >= 0.6 is 0 Å². The third-order valence-electron chi connectivity index (χ3n) is 2.83. The Hall–Kier alpha value is -1.55. The van der Waals surface area contributed by atoms with Crippen molar-refractivity contribution in [3.63, 3.8) is 0 Å². The van der Waals surface area contributed by atoms with Gasteiger partial charge in [-0.25, -0.2) is 4.79 Å². The second kappa shape index (κ2) is 7.71. The van der Waals surface area contributed by atoms with Crippen LogP contribution in [0.3, 0.4) is 0 Å². The number of aromatic carboxylic acids is 1. The molecular weight excluding hydrogens is 230 g/mol. The van der Waals surface area contributed by atoms with Gasteiger partial charge in [-0.05, 0) is 37.8 Å². The minimum absolute atomic E-state index is 0.340. The molecule has 0 aromatic heterocycles. The summed E-state index contributed by atoms with van der Waals surface area (Å²) in [5, 5.41) is 12.3. The van der Waals surface area contributed by atoms with E-state index in [1.165, 1.54) is 0 Å². The standard InChI is InChI=1S/C14H21NO3/c1-11-7-6-8-12(14(16)17)13(11)15-9-4-3-5-10-18-2/h6-8,15H,3-5,9-10H2,1-2H3,(H,16,17). The summed E-state index contributed by atoms with van der Waals surface area (Å²) >= 11 is 0. The third-order valence-corrected chi connectivity index (χ3v) is 2.83. The third kappa shape index (κ3) is 4.37. The maximum absolute atomic E-state index is 11.1. The van der Waals surface area contributed by atoms with Crippen molar-refractivity contribution in [2.45, 2.75) is 26.2 Å². The van der Waals surface area contributed by atoms with Gasteiger partial charge in [-0.1, -0.05) is 12.1 Å². The van der Waals surface area contributed by atoms with Crippen LogP contribution in [0.1, 0.15) is 35.2 Å². The molecular formula is C14H21NO3. The molecule has 0 radical (unpaired) electrons. The van der Waals surface area contributed by atoms with E-state index in [1.807, 2.05) is 13.0 Å². The smallest absolute Gasteiger partial charge is 0.337 e. The van der Waals surface area contributed by atoms with Crippen molar-refractivity contribution in [2.24, 2.45) is 0 Å². The topological polar surface area (TPSA) is 58.6 Å². The van der Waals surface area contributed by atoms with Gasteiger partial charge >= 0.3 is 5.97 Å². The van der Waals surface area contributed by atoms with Gasteiger partial charge < -0.3 is 15.2 Å². The minimum Gasteiger partial charge on any atom is -0.478 e. The molecule has 4 nitrogen and oxygen atoms in total. The molecule has 0 spiro atoms. The number of nitrogens with one attached hydrogen (secondary N) is 1. The number of anilines is 1. The van der Waals surface area contributed by atoms with E-state index in [1.54, 1.807) is 19.2 Å². The average molecular weight is 251 g/mol. The Morgan fingerprint density at radius 1 is 1.33 bits per heavy atom. The Morgan fingerprint density at radius 3 is 2.78 bits per heavy atom. The van der Waals surface area contributed by atoms with E-state index in [9.17, 15) is 4.79 Å². The molecule has 0 aliphatic carbocycles. The first-order chi connectivity index (χ1) is 8.66. The molecule has 1 aromatic rings. The molecule has 1 aromatic carbocycles. The van der Waals surface area contributed by atoms with Crippen LogP contribution in [0.25, 0.3) is 0 Å². The predicted octanol–water partition coefficient (Wildman–Crippen LogP) is 2.92. The number of rotatable bonds is 8. The van der Waals surface area contributed by atoms with Gasteiger partial charge in [-0.3, -0.25) is 0 Å². The van der Waals surface area contributed by atoms with Crippen molar-refractivity contribution >= 4 is 11.7 Å². The quantitative estimate of drug-likeness (QED) is 0.697. The van der Waals surface area contributed by atoms with Crippen LogP contribution in [0.4, 0.5) is 5.69 Å². The van der Waals surface area contributed by atoms with Gasteiger partial charge in [0.05, 0.1) is 11.3 Å². The maximum atomic E-state index is 11.1. The van der Waals surface area contributed by atoms with Gasteiger partial charge in [0.2, 0.25) is 0 Å². The number of carboxylic acid groups (broad SMARTS) is 1. The van der Waals surface area contributed by atoms with Crippen LogP contribution in [0.2, 0.25) is 0 Å². The minimum atomic E-state index is -0.888. The summed E-state index contributed by atoms with van der Waals surface area (Å²) in [5.74, 6) is -0.888. The fourth-order valence-corrected chi connectivity index (χ4v) is 1.84. The van der Waals surface area contributed by atoms with Gasteiger partial charge in [0.1, 0.15) is 0 Å².